The first kappa shape index (κ1) is 24.6. The molecule has 4 rings (SSSR count). The predicted molar refractivity (Wildman–Crippen MR) is 131 cm³/mol. The molecule has 0 radical (unpaired) electrons. The summed E-state index contributed by atoms with van der Waals surface area (Å²) in [4.78, 5) is 0. The van der Waals surface area contributed by atoms with Gasteiger partial charge in [-0.3, -0.25) is 0 Å². The fourth-order valence-electron chi connectivity index (χ4n) is 4.17. The van der Waals surface area contributed by atoms with Gasteiger partial charge in [0.1, 0.15) is 18.3 Å². The Kier molecular flexibility index (Phi) is 9.25. The third-order valence-electron chi connectivity index (χ3n) is 5.91. The van der Waals surface area contributed by atoms with E-state index in [2.05, 4.69) is 24.3 Å². The van der Waals surface area contributed by atoms with Crippen LogP contribution >= 0.6 is 0 Å². The van der Waals surface area contributed by atoms with E-state index in [1.807, 2.05) is 80.6 Å². The molecule has 5 heteroatoms. The van der Waals surface area contributed by atoms with Gasteiger partial charge in [-0.05, 0) is 30.5 Å². The van der Waals surface area contributed by atoms with Gasteiger partial charge in [0, 0.05) is 6.61 Å². The van der Waals surface area contributed by atoms with Gasteiger partial charge >= 0.3 is 0 Å². The summed E-state index contributed by atoms with van der Waals surface area (Å²) in [5.74, 6) is 0. The maximum Gasteiger partial charge on any atom is 0.186 e. The lowest BCUT2D eigenvalue weighted by atomic mass is 9.98. The molecule has 0 saturated carbocycles. The minimum absolute atomic E-state index is 0.224. The first-order chi connectivity index (χ1) is 16.7. The molecule has 1 fully saturated rings. The quantitative estimate of drug-likeness (QED) is 0.375. The van der Waals surface area contributed by atoms with Gasteiger partial charge in [0.15, 0.2) is 6.29 Å². The van der Waals surface area contributed by atoms with Crippen molar-refractivity contribution in [3.63, 3.8) is 0 Å². The highest BCUT2D eigenvalue weighted by molar-refractivity contribution is 5.15. The van der Waals surface area contributed by atoms with E-state index in [-0.39, 0.29) is 18.3 Å². The molecular formula is C29H34O5. The van der Waals surface area contributed by atoms with E-state index >= 15 is 0 Å². The monoisotopic (exact) mass is 462 g/mol. The van der Waals surface area contributed by atoms with Crippen molar-refractivity contribution >= 4 is 0 Å². The molecule has 1 aliphatic heterocycles. The maximum absolute atomic E-state index is 6.51. The van der Waals surface area contributed by atoms with Gasteiger partial charge in [-0.1, -0.05) is 91.0 Å². The summed E-state index contributed by atoms with van der Waals surface area (Å²) in [6, 6.07) is 30.4. The van der Waals surface area contributed by atoms with Crippen molar-refractivity contribution in [1.82, 2.24) is 0 Å². The minimum Gasteiger partial charge on any atom is -0.368 e. The van der Waals surface area contributed by atoms with E-state index < -0.39 is 12.4 Å². The minimum atomic E-state index is -0.541. The van der Waals surface area contributed by atoms with Crippen LogP contribution in [0.5, 0.6) is 0 Å². The number of hydrogen-bond acceptors (Lipinski definition) is 5. The normalized spacial score (nSPS) is 24.7. The summed E-state index contributed by atoms with van der Waals surface area (Å²) >= 11 is 0. The lowest BCUT2D eigenvalue weighted by Gasteiger charge is -2.45. The van der Waals surface area contributed by atoms with Crippen LogP contribution in [0.15, 0.2) is 91.0 Å². The van der Waals surface area contributed by atoms with Crippen molar-refractivity contribution in [3.05, 3.63) is 108 Å². The SMILES string of the molecule is CCOC1OC(C)[C@@H](OCc2ccccc2)[C@H](OCc2ccccc2)C1OCc1ccccc1. The van der Waals surface area contributed by atoms with Gasteiger partial charge in [-0.2, -0.15) is 0 Å². The van der Waals surface area contributed by atoms with Gasteiger partial charge in [0.2, 0.25) is 0 Å². The molecule has 3 aromatic carbocycles. The Bertz CT molecular complexity index is 950. The summed E-state index contributed by atoms with van der Waals surface area (Å²) in [5.41, 5.74) is 3.28. The van der Waals surface area contributed by atoms with E-state index in [0.29, 0.717) is 26.4 Å². The van der Waals surface area contributed by atoms with E-state index in [0.717, 1.165) is 16.7 Å². The third kappa shape index (κ3) is 6.75. The molecule has 1 aliphatic rings. The third-order valence-corrected chi connectivity index (χ3v) is 5.91. The molecule has 0 amide bonds. The first-order valence-electron chi connectivity index (χ1n) is 12.0. The number of rotatable bonds is 11. The summed E-state index contributed by atoms with van der Waals surface area (Å²) < 4.78 is 31.5. The Morgan fingerprint density at radius 3 is 1.41 bits per heavy atom. The lowest BCUT2D eigenvalue weighted by molar-refractivity contribution is -0.319. The van der Waals surface area contributed by atoms with Crippen molar-refractivity contribution in [1.29, 1.82) is 0 Å². The summed E-state index contributed by atoms with van der Waals surface area (Å²) in [7, 11) is 0. The van der Waals surface area contributed by atoms with Gasteiger partial charge in [0.05, 0.1) is 25.9 Å². The molecule has 0 bridgehead atoms. The van der Waals surface area contributed by atoms with Gasteiger partial charge < -0.3 is 23.7 Å². The van der Waals surface area contributed by atoms with Crippen LogP contribution in [0.4, 0.5) is 0 Å². The van der Waals surface area contributed by atoms with Crippen molar-refractivity contribution in [3.8, 4) is 0 Å². The number of benzene rings is 3. The standard InChI is InChI=1S/C29H34O5/c1-3-30-29-28(33-21-25-17-11-6-12-18-25)27(32-20-24-15-9-5-10-16-24)26(22(2)34-29)31-19-23-13-7-4-8-14-23/h4-18,22,26-29H,3,19-21H2,1-2H3/t22?,26-,27+,28?,29?/m1/s1. The van der Waals surface area contributed by atoms with Crippen molar-refractivity contribution < 1.29 is 23.7 Å². The van der Waals surface area contributed by atoms with Crippen LogP contribution in [0.25, 0.3) is 0 Å². The smallest absolute Gasteiger partial charge is 0.186 e. The highest BCUT2D eigenvalue weighted by Gasteiger charge is 2.47. The van der Waals surface area contributed by atoms with Crippen LogP contribution < -0.4 is 0 Å². The molecule has 0 aromatic heterocycles. The average molecular weight is 463 g/mol. The lowest BCUT2D eigenvalue weighted by Crippen LogP contribution is -2.60. The second kappa shape index (κ2) is 12.8. The second-order valence-electron chi connectivity index (χ2n) is 8.45. The molecule has 34 heavy (non-hydrogen) atoms. The van der Waals surface area contributed by atoms with Crippen molar-refractivity contribution in [2.45, 2.75) is 64.4 Å². The zero-order chi connectivity index (χ0) is 23.6. The largest absolute Gasteiger partial charge is 0.368 e. The zero-order valence-electron chi connectivity index (χ0n) is 19.9. The predicted octanol–water partition coefficient (Wildman–Crippen LogP) is 5.52. The first-order valence-corrected chi connectivity index (χ1v) is 12.0. The highest BCUT2D eigenvalue weighted by Crippen LogP contribution is 2.30. The van der Waals surface area contributed by atoms with Crippen LogP contribution in [-0.2, 0) is 43.5 Å². The summed E-state index contributed by atoms with van der Waals surface area (Å²) in [5, 5.41) is 0. The molecule has 5 atom stereocenters. The topological polar surface area (TPSA) is 46.2 Å². The van der Waals surface area contributed by atoms with Gasteiger partial charge in [-0.15, -0.1) is 0 Å². The van der Waals surface area contributed by atoms with Crippen molar-refractivity contribution in [2.75, 3.05) is 6.61 Å². The zero-order valence-corrected chi connectivity index (χ0v) is 19.9. The molecule has 1 saturated heterocycles. The maximum atomic E-state index is 6.51. The highest BCUT2D eigenvalue weighted by atomic mass is 16.7. The fourth-order valence-corrected chi connectivity index (χ4v) is 4.17. The Morgan fingerprint density at radius 2 is 0.971 bits per heavy atom. The molecule has 0 N–H and O–H groups in total. The molecule has 3 aromatic rings. The fraction of sp³-hybridized carbons (Fsp3) is 0.379. The van der Waals surface area contributed by atoms with Gasteiger partial charge in [0.25, 0.3) is 0 Å². The number of ether oxygens (including phenoxy) is 5. The molecule has 180 valence electrons. The second-order valence-corrected chi connectivity index (χ2v) is 8.45. The van der Waals surface area contributed by atoms with Crippen LogP contribution in [0.1, 0.15) is 30.5 Å². The Morgan fingerprint density at radius 1 is 0.559 bits per heavy atom. The Hall–Kier alpha value is -2.54. The molecule has 5 nitrogen and oxygen atoms in total. The van der Waals surface area contributed by atoms with E-state index in [9.17, 15) is 0 Å². The van der Waals surface area contributed by atoms with Crippen molar-refractivity contribution in [2.24, 2.45) is 0 Å². The van der Waals surface area contributed by atoms with E-state index in [1.165, 1.54) is 0 Å². The van der Waals surface area contributed by atoms with Crippen LogP contribution in [0.2, 0.25) is 0 Å². The van der Waals surface area contributed by atoms with E-state index in [4.69, 9.17) is 23.7 Å². The molecule has 0 spiro atoms. The molecule has 1 heterocycles. The average Bonchev–Trinajstić information content (AvgIpc) is 2.88. The Labute approximate surface area is 202 Å². The summed E-state index contributed by atoms with van der Waals surface area (Å²) in [6.45, 7) is 5.84. The molecule has 3 unspecified atom stereocenters. The Balaban J connectivity index is 1.55. The molecular weight excluding hydrogens is 428 g/mol. The summed E-state index contributed by atoms with van der Waals surface area (Å²) in [6.07, 6.45) is -1.89. The van der Waals surface area contributed by atoms with Gasteiger partial charge in [-0.25, -0.2) is 0 Å². The van der Waals surface area contributed by atoms with E-state index in [1.54, 1.807) is 0 Å². The molecule has 0 aliphatic carbocycles. The van der Waals surface area contributed by atoms with Crippen LogP contribution in [0.3, 0.4) is 0 Å². The van der Waals surface area contributed by atoms with Crippen LogP contribution in [-0.4, -0.2) is 37.3 Å². The van der Waals surface area contributed by atoms with Crippen LogP contribution in [0, 0.1) is 0 Å². The number of hydrogen-bond donors (Lipinski definition) is 0.